The van der Waals surface area contributed by atoms with Crippen molar-refractivity contribution in [2.75, 3.05) is 0 Å². The number of aromatic hydroxyl groups is 1. The number of hydrogen-bond donors (Lipinski definition) is 2. The SMILES string of the molecule is O=C1NC(=O)/C(=C\c2cc(Br)cc(Br)c2O)S1. The summed E-state index contributed by atoms with van der Waals surface area (Å²) in [6, 6.07) is 3.34. The molecule has 0 spiro atoms. The maximum Gasteiger partial charge on any atom is 0.290 e. The highest BCUT2D eigenvalue weighted by Gasteiger charge is 2.25. The molecule has 1 aliphatic rings. The van der Waals surface area contributed by atoms with Crippen molar-refractivity contribution in [2.45, 2.75) is 0 Å². The van der Waals surface area contributed by atoms with Crippen molar-refractivity contribution < 1.29 is 14.7 Å². The summed E-state index contributed by atoms with van der Waals surface area (Å²) in [6.45, 7) is 0. The van der Waals surface area contributed by atoms with Gasteiger partial charge < -0.3 is 5.11 Å². The molecule has 17 heavy (non-hydrogen) atoms. The third-order valence-electron chi connectivity index (χ3n) is 1.99. The number of phenols is 1. The van der Waals surface area contributed by atoms with Crippen LogP contribution in [0.3, 0.4) is 0 Å². The molecule has 1 heterocycles. The van der Waals surface area contributed by atoms with Gasteiger partial charge in [-0.1, -0.05) is 15.9 Å². The molecule has 4 nitrogen and oxygen atoms in total. The largest absolute Gasteiger partial charge is 0.506 e. The fourth-order valence-corrected chi connectivity index (χ4v) is 3.19. The smallest absolute Gasteiger partial charge is 0.290 e. The molecule has 0 atom stereocenters. The summed E-state index contributed by atoms with van der Waals surface area (Å²) in [7, 11) is 0. The monoisotopic (exact) mass is 377 g/mol. The number of hydrogen-bond acceptors (Lipinski definition) is 4. The van der Waals surface area contributed by atoms with Crippen LogP contribution in [0, 0.1) is 0 Å². The lowest BCUT2D eigenvalue weighted by atomic mass is 10.2. The van der Waals surface area contributed by atoms with E-state index in [2.05, 4.69) is 37.2 Å². The Kier molecular flexibility index (Phi) is 3.60. The Balaban J connectivity index is 2.46. The highest BCUT2D eigenvalue weighted by molar-refractivity contribution is 9.11. The standard InChI is InChI=1S/C10H5Br2NO3S/c11-5-1-4(8(14)6(12)3-5)2-7-9(15)13-10(16)17-7/h1-3,14H,(H,13,15,16)/b7-2+. The minimum absolute atomic E-state index is 0.0217. The fraction of sp³-hybridized carbons (Fsp3) is 0. The summed E-state index contributed by atoms with van der Waals surface area (Å²) < 4.78 is 1.26. The van der Waals surface area contributed by atoms with Crippen molar-refractivity contribution in [1.29, 1.82) is 0 Å². The van der Waals surface area contributed by atoms with Gasteiger partial charge in [0.2, 0.25) is 0 Å². The van der Waals surface area contributed by atoms with Crippen LogP contribution in [0.1, 0.15) is 5.56 Å². The number of phenolic OH excluding ortho intramolecular Hbond substituents is 1. The molecule has 1 aliphatic heterocycles. The normalized spacial score (nSPS) is 17.6. The van der Waals surface area contributed by atoms with Crippen LogP contribution in [0.2, 0.25) is 0 Å². The van der Waals surface area contributed by atoms with E-state index in [1.165, 1.54) is 6.08 Å². The molecule has 0 aromatic heterocycles. The summed E-state index contributed by atoms with van der Waals surface area (Å²) in [5.74, 6) is -0.427. The minimum Gasteiger partial charge on any atom is -0.506 e. The summed E-state index contributed by atoms with van der Waals surface area (Å²) in [4.78, 5) is 22.6. The second-order valence-corrected chi connectivity index (χ2v) is 5.96. The lowest BCUT2D eigenvalue weighted by Crippen LogP contribution is -2.17. The van der Waals surface area contributed by atoms with Crippen LogP contribution in [-0.2, 0) is 4.79 Å². The number of carbonyl (C=O) groups excluding carboxylic acids is 2. The van der Waals surface area contributed by atoms with Crippen LogP contribution in [-0.4, -0.2) is 16.3 Å². The van der Waals surface area contributed by atoms with Gasteiger partial charge in [-0.2, -0.15) is 0 Å². The number of amides is 2. The van der Waals surface area contributed by atoms with E-state index in [0.29, 0.717) is 10.0 Å². The third kappa shape index (κ3) is 2.72. The van der Waals surface area contributed by atoms with Gasteiger partial charge in [0, 0.05) is 10.0 Å². The third-order valence-corrected chi connectivity index (χ3v) is 3.86. The molecule has 2 rings (SSSR count). The van der Waals surface area contributed by atoms with Gasteiger partial charge in [-0.25, -0.2) is 0 Å². The molecule has 1 fully saturated rings. The van der Waals surface area contributed by atoms with Gasteiger partial charge in [0.15, 0.2) is 0 Å². The molecule has 0 bridgehead atoms. The first-order valence-electron chi connectivity index (χ1n) is 4.40. The Morgan fingerprint density at radius 3 is 2.59 bits per heavy atom. The van der Waals surface area contributed by atoms with Gasteiger partial charge in [-0.05, 0) is 45.9 Å². The molecule has 1 aromatic rings. The highest BCUT2D eigenvalue weighted by atomic mass is 79.9. The Morgan fingerprint density at radius 2 is 2.00 bits per heavy atom. The molecule has 0 radical (unpaired) electrons. The van der Waals surface area contributed by atoms with Gasteiger partial charge in [0.05, 0.1) is 9.38 Å². The van der Waals surface area contributed by atoms with E-state index in [4.69, 9.17) is 0 Å². The Bertz CT molecular complexity index is 557. The number of halogens is 2. The second kappa shape index (κ2) is 4.83. The second-order valence-electron chi connectivity index (χ2n) is 3.18. The van der Waals surface area contributed by atoms with E-state index < -0.39 is 11.1 Å². The summed E-state index contributed by atoms with van der Waals surface area (Å²) in [6.07, 6.45) is 1.47. The number of rotatable bonds is 1. The molecule has 0 unspecified atom stereocenters. The zero-order chi connectivity index (χ0) is 12.6. The van der Waals surface area contributed by atoms with E-state index in [1.807, 2.05) is 0 Å². The van der Waals surface area contributed by atoms with E-state index in [-0.39, 0.29) is 10.7 Å². The van der Waals surface area contributed by atoms with Gasteiger partial charge in [-0.3, -0.25) is 14.9 Å². The van der Waals surface area contributed by atoms with Gasteiger partial charge in [-0.15, -0.1) is 0 Å². The number of carbonyl (C=O) groups is 2. The average molecular weight is 379 g/mol. The number of nitrogens with one attached hydrogen (secondary N) is 1. The van der Waals surface area contributed by atoms with E-state index in [1.54, 1.807) is 12.1 Å². The predicted octanol–water partition coefficient (Wildman–Crippen LogP) is 3.24. The van der Waals surface area contributed by atoms with Crippen LogP contribution in [0.4, 0.5) is 4.79 Å². The molecule has 2 amide bonds. The predicted molar refractivity (Wildman–Crippen MR) is 72.6 cm³/mol. The van der Waals surface area contributed by atoms with Crippen molar-refractivity contribution in [3.05, 3.63) is 31.5 Å². The van der Waals surface area contributed by atoms with Crippen molar-refractivity contribution >= 4 is 60.8 Å². The van der Waals surface area contributed by atoms with Crippen molar-refractivity contribution in [3.8, 4) is 5.75 Å². The average Bonchev–Trinajstić information content (AvgIpc) is 2.53. The topological polar surface area (TPSA) is 66.4 Å². The van der Waals surface area contributed by atoms with Crippen LogP contribution >= 0.6 is 43.6 Å². The van der Waals surface area contributed by atoms with Gasteiger partial charge in [0.25, 0.3) is 11.1 Å². The molecule has 1 aromatic carbocycles. The first-order chi connectivity index (χ1) is 7.97. The quantitative estimate of drug-likeness (QED) is 0.736. The van der Waals surface area contributed by atoms with Crippen LogP contribution in [0.25, 0.3) is 6.08 Å². The zero-order valence-electron chi connectivity index (χ0n) is 8.16. The lowest BCUT2D eigenvalue weighted by molar-refractivity contribution is -0.115. The molecule has 0 aliphatic carbocycles. The van der Waals surface area contributed by atoms with Crippen LogP contribution in [0.15, 0.2) is 26.0 Å². The Hall–Kier alpha value is -0.790. The minimum atomic E-state index is -0.449. The van der Waals surface area contributed by atoms with E-state index in [9.17, 15) is 14.7 Å². The van der Waals surface area contributed by atoms with Crippen LogP contribution < -0.4 is 5.32 Å². The van der Waals surface area contributed by atoms with Crippen molar-refractivity contribution in [3.63, 3.8) is 0 Å². The van der Waals surface area contributed by atoms with E-state index in [0.717, 1.165) is 16.2 Å². The molecule has 2 N–H and O–H groups in total. The number of thioether (sulfide) groups is 1. The maximum absolute atomic E-state index is 11.3. The molecular weight excluding hydrogens is 374 g/mol. The van der Waals surface area contributed by atoms with Gasteiger partial charge >= 0.3 is 0 Å². The van der Waals surface area contributed by atoms with Crippen LogP contribution in [0.5, 0.6) is 5.75 Å². The van der Waals surface area contributed by atoms with E-state index >= 15 is 0 Å². The Morgan fingerprint density at radius 1 is 1.29 bits per heavy atom. The Labute approximate surface area is 118 Å². The fourth-order valence-electron chi connectivity index (χ4n) is 1.26. The number of imide groups is 1. The molecule has 1 saturated heterocycles. The molecule has 0 saturated carbocycles. The van der Waals surface area contributed by atoms with Gasteiger partial charge in [0.1, 0.15) is 5.75 Å². The summed E-state index contributed by atoms with van der Waals surface area (Å²) >= 11 is 7.28. The first kappa shape index (κ1) is 12.7. The highest BCUT2D eigenvalue weighted by Crippen LogP contribution is 2.35. The first-order valence-corrected chi connectivity index (χ1v) is 6.80. The molecule has 88 valence electrons. The summed E-state index contributed by atoms with van der Waals surface area (Å²) in [5.41, 5.74) is 0.457. The zero-order valence-corrected chi connectivity index (χ0v) is 12.1. The molecule has 7 heteroatoms. The lowest BCUT2D eigenvalue weighted by Gasteiger charge is -2.03. The summed E-state index contributed by atoms with van der Waals surface area (Å²) in [5, 5.41) is 11.5. The van der Waals surface area contributed by atoms with Crippen molar-refractivity contribution in [1.82, 2.24) is 5.32 Å². The molecular formula is C10H5Br2NO3S. The van der Waals surface area contributed by atoms with Crippen molar-refractivity contribution in [2.24, 2.45) is 0 Å². The maximum atomic E-state index is 11.3. The number of benzene rings is 1.